The highest BCUT2D eigenvalue weighted by Gasteiger charge is 2.33. The summed E-state index contributed by atoms with van der Waals surface area (Å²) in [5.41, 5.74) is -0.108. The van der Waals surface area contributed by atoms with Gasteiger partial charge in [-0.3, -0.25) is 4.57 Å². The summed E-state index contributed by atoms with van der Waals surface area (Å²) in [4.78, 5) is 0. The van der Waals surface area contributed by atoms with Gasteiger partial charge < -0.3 is 9.05 Å². The Balaban J connectivity index is 4.69. The minimum Gasteiger partial charge on any atom is -0.309 e. The van der Waals surface area contributed by atoms with Crippen molar-refractivity contribution in [3.8, 4) is 0 Å². The van der Waals surface area contributed by atoms with E-state index < -0.39 is 7.60 Å². The Labute approximate surface area is 99.1 Å². The molecule has 0 aromatic heterocycles. The molecule has 0 saturated heterocycles. The molecular weight excluding hydrogens is 223 g/mol. The maximum atomic E-state index is 12.5. The predicted octanol–water partition coefficient (Wildman–Crippen LogP) is 4.16. The third kappa shape index (κ3) is 5.11. The van der Waals surface area contributed by atoms with Crippen LogP contribution in [0.1, 0.15) is 33.1 Å². The molecule has 0 aliphatic rings. The van der Waals surface area contributed by atoms with Crippen molar-refractivity contribution >= 4 is 7.60 Å². The zero-order valence-corrected chi connectivity index (χ0v) is 11.2. The number of allylic oxidation sites excluding steroid dienone is 2. The third-order valence-corrected chi connectivity index (χ3v) is 4.81. The van der Waals surface area contributed by atoms with Crippen LogP contribution in [0.15, 0.2) is 25.3 Å². The van der Waals surface area contributed by atoms with Crippen LogP contribution in [0, 0.1) is 0 Å². The van der Waals surface area contributed by atoms with Crippen LogP contribution >= 0.6 is 7.60 Å². The van der Waals surface area contributed by atoms with Crippen LogP contribution in [0.4, 0.5) is 0 Å². The van der Waals surface area contributed by atoms with Crippen LogP contribution < -0.4 is 0 Å². The lowest BCUT2D eigenvalue weighted by molar-refractivity contribution is 0.210. The number of hydrogen-bond acceptors (Lipinski definition) is 3. The average Bonchev–Trinajstić information content (AvgIpc) is 2.24. The van der Waals surface area contributed by atoms with Crippen molar-refractivity contribution in [2.24, 2.45) is 0 Å². The van der Waals surface area contributed by atoms with Gasteiger partial charge in [0.05, 0.1) is 18.9 Å². The van der Waals surface area contributed by atoms with E-state index in [0.29, 0.717) is 19.6 Å². The van der Waals surface area contributed by atoms with E-state index in [0.717, 1.165) is 12.8 Å². The van der Waals surface area contributed by atoms with E-state index in [1.807, 2.05) is 19.9 Å². The van der Waals surface area contributed by atoms with Gasteiger partial charge in [-0.05, 0) is 33.1 Å². The van der Waals surface area contributed by atoms with Crippen molar-refractivity contribution in [3.05, 3.63) is 25.3 Å². The summed E-state index contributed by atoms with van der Waals surface area (Å²) in [5, 5.41) is 0. The summed E-state index contributed by atoms with van der Waals surface area (Å²) in [6.45, 7) is 11.8. The topological polar surface area (TPSA) is 35.5 Å². The Morgan fingerprint density at radius 2 is 1.75 bits per heavy atom. The van der Waals surface area contributed by atoms with Crippen molar-refractivity contribution in [1.29, 1.82) is 0 Å². The van der Waals surface area contributed by atoms with Crippen LogP contribution in [0.25, 0.3) is 0 Å². The molecule has 0 aromatic carbocycles. The molecule has 0 aliphatic heterocycles. The van der Waals surface area contributed by atoms with Crippen LogP contribution in [-0.4, -0.2) is 18.9 Å². The van der Waals surface area contributed by atoms with E-state index in [-0.39, 0.29) is 5.66 Å². The summed E-state index contributed by atoms with van der Waals surface area (Å²) < 4.78 is 23.1. The highest BCUT2D eigenvalue weighted by atomic mass is 31.2. The first-order valence-electron chi connectivity index (χ1n) is 5.75. The lowest BCUT2D eigenvalue weighted by Crippen LogP contribution is -2.12. The Morgan fingerprint density at radius 3 is 2.12 bits per heavy atom. The lowest BCUT2D eigenvalue weighted by Gasteiger charge is -2.25. The molecule has 3 nitrogen and oxygen atoms in total. The number of hydrogen-bond donors (Lipinski definition) is 0. The van der Waals surface area contributed by atoms with E-state index in [1.54, 1.807) is 6.08 Å². The van der Waals surface area contributed by atoms with E-state index >= 15 is 0 Å². The fraction of sp³-hybridized carbons (Fsp3) is 0.667. The van der Waals surface area contributed by atoms with Crippen LogP contribution in [0.2, 0.25) is 0 Å². The lowest BCUT2D eigenvalue weighted by atomic mass is 10.2. The Kier molecular flexibility index (Phi) is 8.54. The van der Waals surface area contributed by atoms with E-state index in [1.165, 1.54) is 0 Å². The zero-order chi connectivity index (χ0) is 12.4. The molecule has 0 heterocycles. The summed E-state index contributed by atoms with van der Waals surface area (Å²) in [6.07, 6.45) is 5.79. The van der Waals surface area contributed by atoms with Gasteiger partial charge in [-0.25, -0.2) is 0 Å². The first kappa shape index (κ1) is 15.6. The Bertz CT molecular complexity index is 241. The van der Waals surface area contributed by atoms with Crippen molar-refractivity contribution < 1.29 is 13.6 Å². The van der Waals surface area contributed by atoms with Gasteiger partial charge in [-0.15, -0.1) is 13.2 Å². The first-order chi connectivity index (χ1) is 7.64. The number of rotatable bonds is 10. The quantitative estimate of drug-likeness (QED) is 0.429. The van der Waals surface area contributed by atoms with Gasteiger partial charge >= 0.3 is 7.60 Å². The summed E-state index contributed by atoms with van der Waals surface area (Å²) in [7, 11) is -2.99. The molecule has 0 saturated carbocycles. The van der Waals surface area contributed by atoms with Crippen molar-refractivity contribution in [2.45, 2.75) is 38.8 Å². The summed E-state index contributed by atoms with van der Waals surface area (Å²) >= 11 is 0. The van der Waals surface area contributed by atoms with Gasteiger partial charge in [-0.2, -0.15) is 0 Å². The molecular formula is C12H23O3P. The highest BCUT2D eigenvalue weighted by molar-refractivity contribution is 7.54. The molecule has 4 heteroatoms. The normalized spacial score (nSPS) is 13.4. The Morgan fingerprint density at radius 1 is 1.19 bits per heavy atom. The molecule has 0 aromatic rings. The highest BCUT2D eigenvalue weighted by Crippen LogP contribution is 2.55. The fourth-order valence-corrected chi connectivity index (χ4v) is 3.60. The second-order valence-corrected chi connectivity index (χ2v) is 5.75. The molecule has 0 rings (SSSR count). The van der Waals surface area contributed by atoms with E-state index in [4.69, 9.17) is 9.05 Å². The molecule has 16 heavy (non-hydrogen) atoms. The standard InChI is InChI=1S/C12H23O3P/c1-5-9-11-12(10-6-2)16(13,14-7-3)15-8-4/h5-6,12H,1-2,7-11H2,3-4H3. The summed E-state index contributed by atoms with van der Waals surface area (Å²) in [6, 6.07) is 0. The van der Waals surface area contributed by atoms with Gasteiger partial charge in [0.25, 0.3) is 0 Å². The average molecular weight is 246 g/mol. The molecule has 0 spiro atoms. The van der Waals surface area contributed by atoms with Crippen molar-refractivity contribution in [1.82, 2.24) is 0 Å². The molecule has 1 atom stereocenters. The third-order valence-electron chi connectivity index (χ3n) is 2.21. The molecule has 0 aliphatic carbocycles. The van der Waals surface area contributed by atoms with Gasteiger partial charge in [0.15, 0.2) is 0 Å². The molecule has 1 unspecified atom stereocenters. The maximum Gasteiger partial charge on any atom is 0.334 e. The van der Waals surface area contributed by atoms with Gasteiger partial charge in [0.2, 0.25) is 0 Å². The van der Waals surface area contributed by atoms with Crippen molar-refractivity contribution in [2.75, 3.05) is 13.2 Å². The van der Waals surface area contributed by atoms with Crippen LogP contribution in [0.5, 0.6) is 0 Å². The molecule has 94 valence electrons. The molecule has 0 amide bonds. The second-order valence-electron chi connectivity index (χ2n) is 3.42. The minimum atomic E-state index is -2.99. The van der Waals surface area contributed by atoms with Crippen molar-refractivity contribution in [3.63, 3.8) is 0 Å². The minimum absolute atomic E-state index is 0.108. The summed E-state index contributed by atoms with van der Waals surface area (Å²) in [5.74, 6) is 0. The SMILES string of the molecule is C=CCCC(CC=C)P(=O)(OCC)OCC. The largest absolute Gasteiger partial charge is 0.334 e. The van der Waals surface area contributed by atoms with Crippen LogP contribution in [-0.2, 0) is 13.6 Å². The Hall–Kier alpha value is -0.370. The predicted molar refractivity (Wildman–Crippen MR) is 68.9 cm³/mol. The molecule has 0 bridgehead atoms. The van der Waals surface area contributed by atoms with E-state index in [9.17, 15) is 4.57 Å². The first-order valence-corrected chi connectivity index (χ1v) is 7.36. The van der Waals surface area contributed by atoms with Crippen LogP contribution in [0.3, 0.4) is 0 Å². The monoisotopic (exact) mass is 246 g/mol. The molecule has 0 N–H and O–H groups in total. The van der Waals surface area contributed by atoms with Gasteiger partial charge in [-0.1, -0.05) is 12.2 Å². The van der Waals surface area contributed by atoms with Gasteiger partial charge in [0.1, 0.15) is 0 Å². The maximum absolute atomic E-state index is 12.5. The smallest absolute Gasteiger partial charge is 0.309 e. The molecule has 0 radical (unpaired) electrons. The van der Waals surface area contributed by atoms with E-state index in [2.05, 4.69) is 13.2 Å². The second kappa shape index (κ2) is 8.74. The molecule has 0 fully saturated rings. The zero-order valence-electron chi connectivity index (χ0n) is 10.4. The van der Waals surface area contributed by atoms with Gasteiger partial charge in [0, 0.05) is 0 Å². The fourth-order valence-electron chi connectivity index (χ4n) is 1.52.